The minimum absolute atomic E-state index is 0.0451. The molecule has 0 bridgehead atoms. The van der Waals surface area contributed by atoms with Gasteiger partial charge in [-0.2, -0.15) is 8.78 Å². The minimum Gasteiger partial charge on any atom is -0.451 e. The van der Waals surface area contributed by atoms with Gasteiger partial charge in [0.25, 0.3) is 0 Å². The SMILES string of the molecule is CC(OC(=O)c1cccc(Cl)c1Cl)c1nc2ccccc2n1C(F)F. The number of fused-ring (bicyclic) bond motifs is 1. The maximum atomic E-state index is 13.5. The number of imidazole rings is 1. The molecule has 0 N–H and O–H groups in total. The van der Waals surface area contributed by atoms with Gasteiger partial charge in [-0.25, -0.2) is 9.78 Å². The van der Waals surface area contributed by atoms with Gasteiger partial charge in [-0.3, -0.25) is 4.57 Å². The van der Waals surface area contributed by atoms with Crippen molar-refractivity contribution in [3.05, 3.63) is 63.9 Å². The standard InChI is InChI=1S/C17H12Cl2F2N2O2/c1-9(25-16(24)10-5-4-6-11(18)14(10)19)15-22-12-7-2-3-8-13(12)23(15)17(20)21/h2-9,17H,1H3. The molecule has 2 aromatic carbocycles. The van der Waals surface area contributed by atoms with E-state index in [4.69, 9.17) is 27.9 Å². The quantitative estimate of drug-likeness (QED) is 0.545. The Morgan fingerprint density at radius 2 is 1.88 bits per heavy atom. The number of carbonyl (C=O) groups excluding carboxylic acids is 1. The van der Waals surface area contributed by atoms with Crippen molar-refractivity contribution in [2.75, 3.05) is 0 Å². The Morgan fingerprint density at radius 1 is 1.16 bits per heavy atom. The second kappa shape index (κ2) is 6.98. The lowest BCUT2D eigenvalue weighted by Crippen LogP contribution is -2.15. The van der Waals surface area contributed by atoms with Gasteiger partial charge < -0.3 is 4.74 Å². The van der Waals surface area contributed by atoms with Crippen molar-refractivity contribution in [3.8, 4) is 0 Å². The highest BCUT2D eigenvalue weighted by Crippen LogP contribution is 2.30. The Kier molecular flexibility index (Phi) is 4.92. The number of hydrogen-bond donors (Lipinski definition) is 0. The van der Waals surface area contributed by atoms with Crippen LogP contribution in [0.15, 0.2) is 42.5 Å². The highest BCUT2D eigenvalue weighted by atomic mass is 35.5. The first-order valence-corrected chi connectivity index (χ1v) is 8.05. The van der Waals surface area contributed by atoms with E-state index >= 15 is 0 Å². The van der Waals surface area contributed by atoms with Crippen LogP contribution in [-0.4, -0.2) is 15.5 Å². The van der Waals surface area contributed by atoms with Gasteiger partial charge in [-0.15, -0.1) is 0 Å². The molecule has 1 atom stereocenters. The van der Waals surface area contributed by atoms with Gasteiger partial charge in [-0.1, -0.05) is 41.4 Å². The van der Waals surface area contributed by atoms with E-state index in [-0.39, 0.29) is 26.9 Å². The minimum atomic E-state index is -2.82. The Morgan fingerprint density at radius 3 is 2.60 bits per heavy atom. The summed E-state index contributed by atoms with van der Waals surface area (Å²) in [4.78, 5) is 16.5. The Hall–Kier alpha value is -2.18. The molecular formula is C17H12Cl2F2N2O2. The van der Waals surface area contributed by atoms with Crippen LogP contribution in [0.1, 0.15) is 35.8 Å². The molecule has 1 unspecified atom stereocenters. The van der Waals surface area contributed by atoms with Crippen LogP contribution in [0.3, 0.4) is 0 Å². The van der Waals surface area contributed by atoms with Crippen LogP contribution in [0, 0.1) is 0 Å². The predicted octanol–water partition coefficient (Wildman–Crippen LogP) is 5.66. The molecule has 0 saturated carbocycles. The van der Waals surface area contributed by atoms with Crippen molar-refractivity contribution in [2.24, 2.45) is 0 Å². The highest BCUT2D eigenvalue weighted by molar-refractivity contribution is 6.43. The zero-order valence-electron chi connectivity index (χ0n) is 12.9. The monoisotopic (exact) mass is 384 g/mol. The summed E-state index contributed by atoms with van der Waals surface area (Å²) in [6.07, 6.45) is -1.01. The fourth-order valence-electron chi connectivity index (χ4n) is 2.49. The van der Waals surface area contributed by atoms with Crippen LogP contribution >= 0.6 is 23.2 Å². The summed E-state index contributed by atoms with van der Waals surface area (Å²) in [5.41, 5.74) is 0.707. The van der Waals surface area contributed by atoms with Crippen LogP contribution in [0.5, 0.6) is 0 Å². The third-order valence-corrected chi connectivity index (χ3v) is 4.46. The molecule has 0 aliphatic rings. The van der Waals surface area contributed by atoms with E-state index < -0.39 is 18.6 Å². The van der Waals surface area contributed by atoms with Crippen molar-refractivity contribution in [2.45, 2.75) is 19.6 Å². The number of hydrogen-bond acceptors (Lipinski definition) is 3. The Balaban J connectivity index is 1.95. The van der Waals surface area contributed by atoms with E-state index in [0.717, 1.165) is 4.57 Å². The van der Waals surface area contributed by atoms with Crippen molar-refractivity contribution in [1.82, 2.24) is 9.55 Å². The van der Waals surface area contributed by atoms with Gasteiger partial charge in [0.15, 0.2) is 11.9 Å². The smallest absolute Gasteiger partial charge is 0.340 e. The van der Waals surface area contributed by atoms with Crippen molar-refractivity contribution in [1.29, 1.82) is 0 Å². The lowest BCUT2D eigenvalue weighted by atomic mass is 10.2. The number of benzene rings is 2. The van der Waals surface area contributed by atoms with Gasteiger partial charge in [0.2, 0.25) is 0 Å². The number of halogens is 4. The van der Waals surface area contributed by atoms with Crippen LogP contribution in [0.25, 0.3) is 11.0 Å². The fraction of sp³-hybridized carbons (Fsp3) is 0.176. The number of ether oxygens (including phenoxy) is 1. The first-order valence-electron chi connectivity index (χ1n) is 7.30. The molecule has 25 heavy (non-hydrogen) atoms. The highest BCUT2D eigenvalue weighted by Gasteiger charge is 2.25. The molecule has 3 rings (SSSR count). The third-order valence-electron chi connectivity index (χ3n) is 3.64. The second-order valence-electron chi connectivity index (χ2n) is 5.26. The van der Waals surface area contributed by atoms with Crippen LogP contribution in [-0.2, 0) is 4.74 Å². The van der Waals surface area contributed by atoms with Crippen LogP contribution in [0.4, 0.5) is 8.78 Å². The Bertz CT molecular complexity index is 944. The number of alkyl halides is 2. The summed E-state index contributed by atoms with van der Waals surface area (Å²) < 4.78 is 33.0. The molecule has 3 aromatic rings. The summed E-state index contributed by atoms with van der Waals surface area (Å²) in [7, 11) is 0. The molecule has 0 aliphatic carbocycles. The molecule has 0 radical (unpaired) electrons. The summed E-state index contributed by atoms with van der Waals surface area (Å²) in [6, 6.07) is 11.0. The molecule has 4 nitrogen and oxygen atoms in total. The lowest BCUT2D eigenvalue weighted by Gasteiger charge is -2.15. The van der Waals surface area contributed by atoms with Gasteiger partial charge in [0.05, 0.1) is 26.6 Å². The lowest BCUT2D eigenvalue weighted by molar-refractivity contribution is 0.0233. The molecule has 0 fully saturated rings. The molecule has 1 aromatic heterocycles. The molecule has 0 spiro atoms. The molecular weight excluding hydrogens is 373 g/mol. The van der Waals surface area contributed by atoms with E-state index in [1.807, 2.05) is 0 Å². The van der Waals surface area contributed by atoms with Crippen LogP contribution in [0.2, 0.25) is 10.0 Å². The van der Waals surface area contributed by atoms with E-state index in [9.17, 15) is 13.6 Å². The molecule has 1 heterocycles. The number of nitrogens with zero attached hydrogens (tertiary/aromatic N) is 2. The first kappa shape index (κ1) is 17.6. The van der Waals surface area contributed by atoms with Crippen LogP contribution < -0.4 is 0 Å². The molecule has 0 amide bonds. The first-order chi connectivity index (χ1) is 11.9. The topological polar surface area (TPSA) is 44.1 Å². The van der Waals surface area contributed by atoms with E-state index in [1.165, 1.54) is 25.1 Å². The molecule has 0 saturated heterocycles. The summed E-state index contributed by atoms with van der Waals surface area (Å²) in [6.45, 7) is -1.35. The summed E-state index contributed by atoms with van der Waals surface area (Å²) in [5, 5.41) is 0.243. The zero-order chi connectivity index (χ0) is 18.1. The number of aromatic nitrogens is 2. The average Bonchev–Trinajstić information content (AvgIpc) is 2.97. The van der Waals surface area contributed by atoms with Crippen molar-refractivity contribution >= 4 is 40.2 Å². The number of esters is 1. The zero-order valence-corrected chi connectivity index (χ0v) is 14.4. The van der Waals surface area contributed by atoms with E-state index in [0.29, 0.717) is 5.52 Å². The van der Waals surface area contributed by atoms with Crippen molar-refractivity contribution < 1.29 is 18.3 Å². The van der Waals surface area contributed by atoms with Crippen molar-refractivity contribution in [3.63, 3.8) is 0 Å². The third kappa shape index (κ3) is 3.32. The largest absolute Gasteiger partial charge is 0.451 e. The van der Waals surface area contributed by atoms with Gasteiger partial charge in [-0.05, 0) is 31.2 Å². The average molecular weight is 385 g/mol. The number of rotatable bonds is 4. The van der Waals surface area contributed by atoms with E-state index in [1.54, 1.807) is 24.3 Å². The molecule has 8 heteroatoms. The maximum Gasteiger partial charge on any atom is 0.340 e. The molecule has 0 aliphatic heterocycles. The Labute approximate surface area is 151 Å². The number of carbonyl (C=O) groups is 1. The second-order valence-corrected chi connectivity index (χ2v) is 6.04. The summed E-state index contributed by atoms with van der Waals surface area (Å²) in [5.74, 6) is -0.824. The normalized spacial score (nSPS) is 12.6. The fourth-order valence-corrected chi connectivity index (χ4v) is 2.87. The van der Waals surface area contributed by atoms with Gasteiger partial charge in [0.1, 0.15) is 0 Å². The predicted molar refractivity (Wildman–Crippen MR) is 91.3 cm³/mol. The molecule has 130 valence electrons. The maximum absolute atomic E-state index is 13.5. The summed E-state index contributed by atoms with van der Waals surface area (Å²) >= 11 is 11.9. The number of para-hydroxylation sites is 2. The van der Waals surface area contributed by atoms with E-state index in [2.05, 4.69) is 4.98 Å². The van der Waals surface area contributed by atoms with Gasteiger partial charge >= 0.3 is 12.5 Å². The van der Waals surface area contributed by atoms with Gasteiger partial charge in [0, 0.05) is 0 Å².